The van der Waals surface area contributed by atoms with Crippen molar-refractivity contribution in [3.63, 3.8) is 0 Å². The highest BCUT2D eigenvalue weighted by Crippen LogP contribution is 2.27. The van der Waals surface area contributed by atoms with Gasteiger partial charge >= 0.3 is 5.69 Å². The van der Waals surface area contributed by atoms with Crippen molar-refractivity contribution < 1.29 is 0 Å². The van der Waals surface area contributed by atoms with Crippen LogP contribution in [0.5, 0.6) is 0 Å². The molecule has 1 aliphatic rings. The lowest BCUT2D eigenvalue weighted by molar-refractivity contribution is 0.405. The minimum absolute atomic E-state index is 0.249. The maximum absolute atomic E-state index is 11.4. The summed E-state index contributed by atoms with van der Waals surface area (Å²) in [5, 5.41) is 6.39. The van der Waals surface area contributed by atoms with Crippen molar-refractivity contribution >= 4 is 27.4 Å². The van der Waals surface area contributed by atoms with E-state index in [0.717, 1.165) is 37.7 Å². The van der Waals surface area contributed by atoms with Crippen LogP contribution in [0.3, 0.4) is 0 Å². The Hall–Kier alpha value is -1.37. The van der Waals surface area contributed by atoms with Crippen molar-refractivity contribution in [2.75, 3.05) is 18.0 Å². The van der Waals surface area contributed by atoms with Crippen LogP contribution >= 0.6 is 15.9 Å². The molecule has 1 atom stereocenters. The zero-order valence-electron chi connectivity index (χ0n) is 10.7. The summed E-state index contributed by atoms with van der Waals surface area (Å²) >= 11 is 3.66. The molecule has 3 heterocycles. The molecule has 2 aromatic heterocycles. The van der Waals surface area contributed by atoms with E-state index in [4.69, 9.17) is 0 Å². The number of alkyl halides is 1. The van der Waals surface area contributed by atoms with Gasteiger partial charge in [0.2, 0.25) is 0 Å². The Balaban J connectivity index is 1.80. The fraction of sp³-hybridized carbons (Fsp3) is 0.583. The largest absolute Gasteiger partial charge is 0.356 e. The van der Waals surface area contributed by atoms with E-state index in [-0.39, 0.29) is 5.69 Å². The molecule has 1 N–H and O–H groups in total. The molecule has 102 valence electrons. The van der Waals surface area contributed by atoms with Crippen LogP contribution in [0.4, 0.5) is 5.82 Å². The third-order valence-electron chi connectivity index (χ3n) is 3.81. The Morgan fingerprint density at radius 3 is 2.89 bits per heavy atom. The third kappa shape index (κ3) is 2.39. The Kier molecular flexibility index (Phi) is 3.30. The maximum atomic E-state index is 11.4. The number of hydrogen-bond acceptors (Lipinski definition) is 4. The Bertz CT molecular complexity index is 626. The van der Waals surface area contributed by atoms with E-state index in [1.807, 2.05) is 6.07 Å². The fourth-order valence-electron chi connectivity index (χ4n) is 2.56. The van der Waals surface area contributed by atoms with Crippen LogP contribution in [0.2, 0.25) is 0 Å². The molecule has 1 fully saturated rings. The molecule has 0 radical (unpaired) electrons. The van der Waals surface area contributed by atoms with Gasteiger partial charge in [0.15, 0.2) is 5.65 Å². The summed E-state index contributed by atoms with van der Waals surface area (Å²) in [6.45, 7) is 4.21. The monoisotopic (exact) mass is 325 g/mol. The molecular formula is C12H16BrN5O. The standard InChI is InChI=1S/C12H16BrN5O/c1-8(13)9-2-4-17(5-3-9)10-6-11-15-16-12(19)18(11)7-14-10/h6-9H,2-5H2,1H3,(H,16,19). The highest BCUT2D eigenvalue weighted by Gasteiger charge is 2.23. The van der Waals surface area contributed by atoms with Crippen molar-refractivity contribution in [2.24, 2.45) is 5.92 Å². The van der Waals surface area contributed by atoms with Gasteiger partial charge in [-0.3, -0.25) is 0 Å². The second-order valence-electron chi connectivity index (χ2n) is 5.01. The second kappa shape index (κ2) is 4.96. The van der Waals surface area contributed by atoms with Crippen LogP contribution in [-0.4, -0.2) is 37.5 Å². The molecule has 7 heteroatoms. The van der Waals surface area contributed by atoms with Crippen LogP contribution in [0.25, 0.3) is 5.65 Å². The van der Waals surface area contributed by atoms with Gasteiger partial charge in [0.05, 0.1) is 0 Å². The molecule has 0 aromatic carbocycles. The number of fused-ring (bicyclic) bond motifs is 1. The number of H-pyrrole nitrogens is 1. The second-order valence-corrected chi connectivity index (χ2v) is 6.45. The number of rotatable bonds is 2. The van der Waals surface area contributed by atoms with Gasteiger partial charge in [0.1, 0.15) is 12.1 Å². The van der Waals surface area contributed by atoms with E-state index in [1.165, 1.54) is 10.7 Å². The van der Waals surface area contributed by atoms with E-state index in [1.54, 1.807) is 0 Å². The molecule has 0 saturated carbocycles. The number of aromatic nitrogens is 4. The number of hydrogen-bond donors (Lipinski definition) is 1. The van der Waals surface area contributed by atoms with Crippen LogP contribution in [0.1, 0.15) is 19.8 Å². The fourth-order valence-corrected chi connectivity index (χ4v) is 3.09. The van der Waals surface area contributed by atoms with E-state index in [2.05, 4.69) is 42.9 Å². The zero-order valence-corrected chi connectivity index (χ0v) is 12.3. The first kappa shape index (κ1) is 12.7. The van der Waals surface area contributed by atoms with Gasteiger partial charge in [0, 0.05) is 24.0 Å². The molecule has 2 aromatic rings. The average Bonchev–Trinajstić information content (AvgIpc) is 2.80. The number of aromatic amines is 1. The summed E-state index contributed by atoms with van der Waals surface area (Å²) in [6.07, 6.45) is 3.86. The molecule has 1 saturated heterocycles. The van der Waals surface area contributed by atoms with Crippen molar-refractivity contribution in [2.45, 2.75) is 24.6 Å². The van der Waals surface area contributed by atoms with Gasteiger partial charge < -0.3 is 4.90 Å². The Labute approximate surface area is 119 Å². The first-order chi connectivity index (χ1) is 9.15. The lowest BCUT2D eigenvalue weighted by Gasteiger charge is -2.33. The molecule has 0 spiro atoms. The van der Waals surface area contributed by atoms with Crippen molar-refractivity contribution in [3.8, 4) is 0 Å². The number of piperidine rings is 1. The van der Waals surface area contributed by atoms with Crippen LogP contribution in [0, 0.1) is 5.92 Å². The first-order valence-electron chi connectivity index (χ1n) is 6.47. The van der Waals surface area contributed by atoms with E-state index in [0.29, 0.717) is 10.5 Å². The smallest absolute Gasteiger partial charge is 0.348 e. The predicted octanol–water partition coefficient (Wildman–Crippen LogP) is 1.42. The Morgan fingerprint density at radius 2 is 2.21 bits per heavy atom. The molecule has 1 unspecified atom stereocenters. The van der Waals surface area contributed by atoms with Crippen molar-refractivity contribution in [3.05, 3.63) is 22.9 Å². The number of anilines is 1. The molecule has 3 rings (SSSR count). The van der Waals surface area contributed by atoms with Gasteiger partial charge in [-0.15, -0.1) is 0 Å². The minimum Gasteiger partial charge on any atom is -0.356 e. The highest BCUT2D eigenvalue weighted by molar-refractivity contribution is 9.09. The molecule has 6 nitrogen and oxygen atoms in total. The summed E-state index contributed by atoms with van der Waals surface area (Å²) < 4.78 is 1.41. The topological polar surface area (TPSA) is 66.3 Å². The molecular weight excluding hydrogens is 310 g/mol. The first-order valence-corrected chi connectivity index (χ1v) is 7.38. The summed E-state index contributed by atoms with van der Waals surface area (Å²) in [5.74, 6) is 1.63. The van der Waals surface area contributed by atoms with Gasteiger partial charge in [-0.2, -0.15) is 5.10 Å². The SMILES string of the molecule is CC(Br)C1CCN(c2cc3n[nH]c(=O)n3cn2)CC1. The van der Waals surface area contributed by atoms with E-state index in [9.17, 15) is 4.79 Å². The van der Waals surface area contributed by atoms with E-state index >= 15 is 0 Å². The maximum Gasteiger partial charge on any atom is 0.348 e. The van der Waals surface area contributed by atoms with Crippen molar-refractivity contribution in [1.29, 1.82) is 0 Å². The molecule has 1 aliphatic heterocycles. The van der Waals surface area contributed by atoms with Crippen LogP contribution in [-0.2, 0) is 0 Å². The van der Waals surface area contributed by atoms with E-state index < -0.39 is 0 Å². The van der Waals surface area contributed by atoms with Gasteiger partial charge in [-0.05, 0) is 18.8 Å². The minimum atomic E-state index is -0.249. The summed E-state index contributed by atoms with van der Waals surface area (Å²) in [5.41, 5.74) is 0.367. The summed E-state index contributed by atoms with van der Waals surface area (Å²) in [7, 11) is 0. The normalized spacial score (nSPS) is 18.9. The lowest BCUT2D eigenvalue weighted by atomic mass is 9.94. The highest BCUT2D eigenvalue weighted by atomic mass is 79.9. The molecule has 0 aliphatic carbocycles. The molecule has 19 heavy (non-hydrogen) atoms. The molecule has 0 amide bonds. The van der Waals surface area contributed by atoms with Gasteiger partial charge in [-0.25, -0.2) is 19.3 Å². The number of halogens is 1. The van der Waals surface area contributed by atoms with Crippen LogP contribution < -0.4 is 10.6 Å². The van der Waals surface area contributed by atoms with Gasteiger partial charge in [0.25, 0.3) is 0 Å². The third-order valence-corrected chi connectivity index (χ3v) is 4.56. The van der Waals surface area contributed by atoms with Crippen molar-refractivity contribution in [1.82, 2.24) is 19.6 Å². The summed E-state index contributed by atoms with van der Waals surface area (Å²) in [6, 6.07) is 1.86. The molecule has 0 bridgehead atoms. The van der Waals surface area contributed by atoms with Crippen LogP contribution in [0.15, 0.2) is 17.2 Å². The average molecular weight is 326 g/mol. The summed E-state index contributed by atoms with van der Waals surface area (Å²) in [4.78, 5) is 18.5. The number of nitrogens with zero attached hydrogens (tertiary/aromatic N) is 4. The predicted molar refractivity (Wildman–Crippen MR) is 76.9 cm³/mol. The van der Waals surface area contributed by atoms with Gasteiger partial charge in [-0.1, -0.05) is 22.9 Å². The quantitative estimate of drug-likeness (QED) is 0.848. The Morgan fingerprint density at radius 1 is 1.47 bits per heavy atom. The lowest BCUT2D eigenvalue weighted by Crippen LogP contribution is -2.36. The number of nitrogens with one attached hydrogen (secondary N) is 1. The zero-order chi connectivity index (χ0) is 13.4.